The van der Waals surface area contributed by atoms with Gasteiger partial charge < -0.3 is 0 Å². The zero-order chi connectivity index (χ0) is 11.5. The minimum atomic E-state index is -3.33. The van der Waals surface area contributed by atoms with E-state index in [4.69, 9.17) is 0 Å². The third-order valence-electron chi connectivity index (χ3n) is 1.49. The van der Waals surface area contributed by atoms with Gasteiger partial charge in [-0.15, -0.1) is 0 Å². The van der Waals surface area contributed by atoms with Crippen LogP contribution in [0, 0.1) is 0 Å². The Morgan fingerprint density at radius 1 is 1.27 bits per heavy atom. The number of halogens is 2. The lowest BCUT2D eigenvalue weighted by molar-refractivity contribution is 0.429. The zero-order valence-corrected chi connectivity index (χ0v) is 8.68. The van der Waals surface area contributed by atoms with Crippen LogP contribution in [0.4, 0.5) is 14.5 Å². The minimum absolute atomic E-state index is 0.314. The van der Waals surface area contributed by atoms with E-state index >= 15 is 0 Å². The second kappa shape index (κ2) is 4.39. The summed E-state index contributed by atoms with van der Waals surface area (Å²) in [5.74, 6) is 0. The van der Waals surface area contributed by atoms with Crippen molar-refractivity contribution in [2.24, 2.45) is 0 Å². The van der Waals surface area contributed by atoms with Gasteiger partial charge in [0.1, 0.15) is 0 Å². The van der Waals surface area contributed by atoms with E-state index in [-0.39, 0.29) is 0 Å². The number of anilines is 1. The molecule has 0 fully saturated rings. The van der Waals surface area contributed by atoms with E-state index in [9.17, 15) is 17.2 Å². The van der Waals surface area contributed by atoms with Crippen LogP contribution >= 0.6 is 0 Å². The molecule has 0 aromatic heterocycles. The predicted molar refractivity (Wildman–Crippen MR) is 55.1 cm³/mol. The van der Waals surface area contributed by atoms with Crippen molar-refractivity contribution in [3.63, 3.8) is 0 Å². The molecule has 15 heavy (non-hydrogen) atoms. The standard InChI is InChI=1S/C9H9F2NO2S/c1-15(13,14)12-8-4-2-7(3-5-8)6-9(10)11/h2-6,12H,1H3. The number of sulfonamides is 1. The van der Waals surface area contributed by atoms with Crippen molar-refractivity contribution in [1.29, 1.82) is 0 Å². The number of rotatable bonds is 3. The van der Waals surface area contributed by atoms with Gasteiger partial charge >= 0.3 is 0 Å². The zero-order valence-electron chi connectivity index (χ0n) is 7.87. The summed E-state index contributed by atoms with van der Waals surface area (Å²) in [7, 11) is -3.33. The van der Waals surface area contributed by atoms with Crippen molar-refractivity contribution in [2.45, 2.75) is 0 Å². The fourth-order valence-corrected chi connectivity index (χ4v) is 1.55. The molecular formula is C9H9F2NO2S. The molecule has 0 spiro atoms. The lowest BCUT2D eigenvalue weighted by Crippen LogP contribution is -2.09. The van der Waals surface area contributed by atoms with Crippen LogP contribution in [-0.2, 0) is 10.0 Å². The number of nitrogens with one attached hydrogen (secondary N) is 1. The van der Waals surface area contributed by atoms with Crippen LogP contribution in [0.3, 0.4) is 0 Å². The first-order chi connectivity index (χ1) is 6.87. The molecule has 0 unspecified atom stereocenters. The molecule has 0 atom stereocenters. The van der Waals surface area contributed by atoms with E-state index in [2.05, 4.69) is 4.72 Å². The Balaban J connectivity index is 2.86. The fourth-order valence-electron chi connectivity index (χ4n) is 0.987. The van der Waals surface area contributed by atoms with Gasteiger partial charge in [0.15, 0.2) is 0 Å². The van der Waals surface area contributed by atoms with Gasteiger partial charge in [0.2, 0.25) is 10.0 Å². The Hall–Kier alpha value is -1.43. The summed E-state index contributed by atoms with van der Waals surface area (Å²) in [5, 5.41) is 0. The molecule has 0 aliphatic rings. The highest BCUT2D eigenvalue weighted by atomic mass is 32.2. The SMILES string of the molecule is CS(=O)(=O)Nc1ccc(C=C(F)F)cc1. The summed E-state index contributed by atoms with van der Waals surface area (Å²) >= 11 is 0. The molecular weight excluding hydrogens is 224 g/mol. The molecule has 82 valence electrons. The van der Waals surface area contributed by atoms with Crippen molar-refractivity contribution < 1.29 is 17.2 Å². The Kier molecular flexibility index (Phi) is 3.41. The quantitative estimate of drug-likeness (QED) is 0.870. The summed E-state index contributed by atoms with van der Waals surface area (Å²) in [4.78, 5) is 0. The first kappa shape index (κ1) is 11.6. The minimum Gasteiger partial charge on any atom is -0.284 e. The molecule has 1 aromatic carbocycles. The third-order valence-corrected chi connectivity index (χ3v) is 2.10. The molecule has 6 heteroatoms. The van der Waals surface area contributed by atoms with E-state index < -0.39 is 16.1 Å². The second-order valence-corrected chi connectivity index (χ2v) is 4.68. The van der Waals surface area contributed by atoms with Gasteiger partial charge in [0, 0.05) is 11.8 Å². The van der Waals surface area contributed by atoms with Gasteiger partial charge in [-0.1, -0.05) is 12.1 Å². The predicted octanol–water partition coefficient (Wildman–Crippen LogP) is 2.30. The molecule has 1 aromatic rings. The van der Waals surface area contributed by atoms with E-state index in [1.165, 1.54) is 24.3 Å². The Morgan fingerprint density at radius 2 is 1.80 bits per heavy atom. The monoisotopic (exact) mass is 233 g/mol. The molecule has 0 aliphatic carbocycles. The Labute approximate surface area is 86.5 Å². The van der Waals surface area contributed by atoms with E-state index in [0.29, 0.717) is 17.3 Å². The molecule has 0 aliphatic heterocycles. The summed E-state index contributed by atoms with van der Waals surface area (Å²) in [6, 6.07) is 5.62. The highest BCUT2D eigenvalue weighted by Gasteiger charge is 2.00. The smallest absolute Gasteiger partial charge is 0.270 e. The Morgan fingerprint density at radius 3 is 2.20 bits per heavy atom. The highest BCUT2D eigenvalue weighted by Crippen LogP contribution is 2.14. The number of hydrogen-bond acceptors (Lipinski definition) is 2. The summed E-state index contributed by atoms with van der Waals surface area (Å²) in [5.41, 5.74) is 0.656. The van der Waals surface area contributed by atoms with Crippen molar-refractivity contribution in [3.8, 4) is 0 Å². The van der Waals surface area contributed by atoms with Crippen LogP contribution in [0.25, 0.3) is 6.08 Å². The molecule has 0 radical (unpaired) electrons. The first-order valence-corrected chi connectivity index (χ1v) is 5.86. The lowest BCUT2D eigenvalue weighted by Gasteiger charge is -2.03. The molecule has 3 nitrogen and oxygen atoms in total. The summed E-state index contributed by atoms with van der Waals surface area (Å²) < 4.78 is 47.5. The van der Waals surface area contributed by atoms with Crippen molar-refractivity contribution in [3.05, 3.63) is 35.9 Å². The molecule has 0 bridgehead atoms. The van der Waals surface area contributed by atoms with Gasteiger partial charge in [0.25, 0.3) is 6.08 Å². The number of hydrogen-bond donors (Lipinski definition) is 1. The summed E-state index contributed by atoms with van der Waals surface area (Å²) in [6.45, 7) is 0. The maximum absolute atomic E-state index is 11.8. The average Bonchev–Trinajstić information content (AvgIpc) is 2.05. The topological polar surface area (TPSA) is 46.2 Å². The molecule has 0 saturated heterocycles. The maximum Gasteiger partial charge on any atom is 0.270 e. The Bertz CT molecular complexity index is 461. The molecule has 0 heterocycles. The maximum atomic E-state index is 11.8. The van der Waals surface area contributed by atoms with Gasteiger partial charge in [-0.25, -0.2) is 8.42 Å². The van der Waals surface area contributed by atoms with Gasteiger partial charge in [-0.2, -0.15) is 8.78 Å². The average molecular weight is 233 g/mol. The molecule has 0 saturated carbocycles. The van der Waals surface area contributed by atoms with Gasteiger partial charge in [-0.05, 0) is 17.7 Å². The van der Waals surface area contributed by atoms with Gasteiger partial charge in [0.05, 0.1) is 6.26 Å². The van der Waals surface area contributed by atoms with Crippen LogP contribution < -0.4 is 4.72 Å². The third kappa shape index (κ3) is 4.55. The normalized spacial score (nSPS) is 10.9. The van der Waals surface area contributed by atoms with Crippen LogP contribution in [0.1, 0.15) is 5.56 Å². The van der Waals surface area contributed by atoms with E-state index in [1.54, 1.807) is 0 Å². The van der Waals surface area contributed by atoms with Crippen molar-refractivity contribution >= 4 is 21.8 Å². The summed E-state index contributed by atoms with van der Waals surface area (Å²) in [6.07, 6.45) is -0.0782. The molecule has 0 amide bonds. The van der Waals surface area contributed by atoms with E-state index in [0.717, 1.165) is 6.26 Å². The van der Waals surface area contributed by atoms with Crippen LogP contribution in [0.5, 0.6) is 0 Å². The lowest BCUT2D eigenvalue weighted by atomic mass is 10.2. The van der Waals surface area contributed by atoms with Crippen molar-refractivity contribution in [2.75, 3.05) is 11.0 Å². The van der Waals surface area contributed by atoms with Crippen LogP contribution in [0.2, 0.25) is 0 Å². The fraction of sp³-hybridized carbons (Fsp3) is 0.111. The first-order valence-electron chi connectivity index (χ1n) is 3.97. The number of benzene rings is 1. The molecule has 1 rings (SSSR count). The molecule has 1 N–H and O–H groups in total. The largest absolute Gasteiger partial charge is 0.284 e. The highest BCUT2D eigenvalue weighted by molar-refractivity contribution is 7.92. The van der Waals surface area contributed by atoms with E-state index in [1.807, 2.05) is 0 Å². The van der Waals surface area contributed by atoms with Crippen molar-refractivity contribution in [1.82, 2.24) is 0 Å². The van der Waals surface area contributed by atoms with Crippen LogP contribution in [0.15, 0.2) is 30.3 Å². The van der Waals surface area contributed by atoms with Crippen LogP contribution in [-0.4, -0.2) is 14.7 Å². The van der Waals surface area contributed by atoms with Gasteiger partial charge in [-0.3, -0.25) is 4.72 Å². The second-order valence-electron chi connectivity index (χ2n) is 2.93.